The van der Waals surface area contributed by atoms with Crippen LogP contribution in [0.3, 0.4) is 0 Å². The number of hydrogen-bond acceptors (Lipinski definition) is 0. The Kier molecular flexibility index (Phi) is 4.75. The molecule has 0 radical (unpaired) electrons. The summed E-state index contributed by atoms with van der Waals surface area (Å²) in [7, 11) is 0. The molecule has 1 rings (SSSR count). The lowest BCUT2D eigenvalue weighted by molar-refractivity contribution is -0.137. The van der Waals surface area contributed by atoms with Crippen LogP contribution in [0.1, 0.15) is 22.3 Å². The lowest BCUT2D eigenvalue weighted by atomic mass is 9.97. The average molecular weight is 320 g/mol. The number of halogens is 9. The summed E-state index contributed by atoms with van der Waals surface area (Å²) in [6.45, 7) is 0.880. The molecule has 0 aliphatic heterocycles. The van der Waals surface area contributed by atoms with E-state index in [-0.39, 0.29) is 12.1 Å². The molecule has 0 fully saturated rings. The fraction of sp³-hybridized carbons (Fsp3) is 0.167. The Bertz CT molecular complexity index is 614. The smallest absolute Gasteiger partial charge is 0.200 e. The topological polar surface area (TPSA) is 0 Å². The summed E-state index contributed by atoms with van der Waals surface area (Å²) >= 11 is 0. The largest absolute Gasteiger partial charge is 0.417 e. The van der Waals surface area contributed by atoms with Gasteiger partial charge in [0.2, 0.25) is 0 Å². The molecule has 0 bridgehead atoms. The van der Waals surface area contributed by atoms with Gasteiger partial charge in [-0.1, -0.05) is 0 Å². The van der Waals surface area contributed by atoms with Gasteiger partial charge in [-0.2, -0.15) is 30.7 Å². The molecule has 0 unspecified atom stereocenters. The molecule has 0 aliphatic carbocycles. The molecule has 9 heteroatoms. The van der Waals surface area contributed by atoms with Crippen LogP contribution in [0.5, 0.6) is 0 Å². The van der Waals surface area contributed by atoms with E-state index in [0.717, 1.165) is 6.92 Å². The van der Waals surface area contributed by atoms with Crippen molar-refractivity contribution in [2.75, 3.05) is 0 Å². The third-order valence-electron chi connectivity index (χ3n) is 2.47. The van der Waals surface area contributed by atoms with Crippen molar-refractivity contribution in [2.45, 2.75) is 13.1 Å². The number of alkyl halides is 3. The third-order valence-corrected chi connectivity index (χ3v) is 2.47. The van der Waals surface area contributed by atoms with Crippen LogP contribution in [0.15, 0.2) is 24.3 Å². The summed E-state index contributed by atoms with van der Waals surface area (Å²) in [5, 5.41) is 0. The fourth-order valence-electron chi connectivity index (χ4n) is 1.56. The van der Waals surface area contributed by atoms with Gasteiger partial charge in [-0.15, -0.1) is 0 Å². The maximum absolute atomic E-state index is 13.1. The van der Waals surface area contributed by atoms with E-state index in [9.17, 15) is 39.5 Å². The van der Waals surface area contributed by atoms with Gasteiger partial charge in [0.05, 0.1) is 5.56 Å². The highest BCUT2D eigenvalue weighted by atomic mass is 19.4. The highest BCUT2D eigenvalue weighted by molar-refractivity contribution is 5.71. The van der Waals surface area contributed by atoms with E-state index in [2.05, 4.69) is 0 Å². The molecule has 0 spiro atoms. The van der Waals surface area contributed by atoms with Gasteiger partial charge in [0, 0.05) is 11.1 Å². The Labute approximate surface area is 112 Å². The van der Waals surface area contributed by atoms with Crippen molar-refractivity contribution in [3.63, 3.8) is 0 Å². The van der Waals surface area contributed by atoms with E-state index in [1.807, 2.05) is 0 Å². The summed E-state index contributed by atoms with van der Waals surface area (Å²) in [6, 6.07) is 0.0941. The Balaban J connectivity index is 3.76. The highest BCUT2D eigenvalue weighted by Crippen LogP contribution is 2.40. The SMILES string of the molecule is Cc1cc(C(F)=C(F)F)c(C(F)(F)F)cc1C(F)=C(F)F. The van der Waals surface area contributed by atoms with Crippen molar-refractivity contribution in [1.82, 2.24) is 0 Å². The normalized spacial score (nSPS) is 11.3. The minimum atomic E-state index is -5.34. The first-order valence-corrected chi connectivity index (χ1v) is 5.11. The van der Waals surface area contributed by atoms with Crippen LogP contribution in [0.25, 0.3) is 11.7 Å². The molecule has 0 N–H and O–H groups in total. The number of aryl methyl sites for hydroxylation is 1. The van der Waals surface area contributed by atoms with Gasteiger partial charge in [0.25, 0.3) is 0 Å². The fourth-order valence-corrected chi connectivity index (χ4v) is 1.56. The van der Waals surface area contributed by atoms with Crippen LogP contribution < -0.4 is 0 Å². The summed E-state index contributed by atoms with van der Waals surface area (Å²) < 4.78 is 113. The molecule has 116 valence electrons. The van der Waals surface area contributed by atoms with Crippen LogP contribution in [-0.2, 0) is 6.18 Å². The highest BCUT2D eigenvalue weighted by Gasteiger charge is 2.36. The van der Waals surface area contributed by atoms with Crippen molar-refractivity contribution in [3.8, 4) is 0 Å². The van der Waals surface area contributed by atoms with E-state index in [1.165, 1.54) is 0 Å². The molecule has 0 saturated heterocycles. The Morgan fingerprint density at radius 1 is 0.762 bits per heavy atom. The predicted octanol–water partition coefficient (Wildman–Crippen LogP) is 6.08. The molecular formula is C12H5F9. The van der Waals surface area contributed by atoms with Crippen LogP contribution in [0, 0.1) is 6.92 Å². The van der Waals surface area contributed by atoms with Gasteiger partial charge in [-0.3, -0.25) is 0 Å². The molecule has 0 amide bonds. The minimum Gasteiger partial charge on any atom is -0.200 e. The molecule has 0 nitrogen and oxygen atoms in total. The zero-order valence-electron chi connectivity index (χ0n) is 10.1. The number of benzene rings is 1. The first-order chi connectivity index (χ1) is 9.46. The van der Waals surface area contributed by atoms with Crippen LogP contribution in [-0.4, -0.2) is 0 Å². The molecule has 1 aromatic carbocycles. The summed E-state index contributed by atoms with van der Waals surface area (Å²) in [5.74, 6) is -4.70. The molecule has 0 aliphatic rings. The van der Waals surface area contributed by atoms with Gasteiger partial charge in [0.1, 0.15) is 0 Å². The van der Waals surface area contributed by atoms with Crippen molar-refractivity contribution < 1.29 is 39.5 Å². The molecule has 21 heavy (non-hydrogen) atoms. The first-order valence-electron chi connectivity index (χ1n) is 5.11. The van der Waals surface area contributed by atoms with Crippen LogP contribution in [0.2, 0.25) is 0 Å². The van der Waals surface area contributed by atoms with E-state index < -0.39 is 52.2 Å². The maximum atomic E-state index is 13.1. The minimum absolute atomic E-state index is 0.137. The van der Waals surface area contributed by atoms with Gasteiger partial charge >= 0.3 is 18.3 Å². The van der Waals surface area contributed by atoms with Crippen molar-refractivity contribution in [1.29, 1.82) is 0 Å². The molecule has 0 atom stereocenters. The second-order valence-electron chi connectivity index (χ2n) is 3.86. The maximum Gasteiger partial charge on any atom is 0.417 e. The van der Waals surface area contributed by atoms with E-state index >= 15 is 0 Å². The van der Waals surface area contributed by atoms with Gasteiger partial charge in [0.15, 0.2) is 11.7 Å². The molecule has 0 aromatic heterocycles. The number of rotatable bonds is 2. The van der Waals surface area contributed by atoms with Crippen molar-refractivity contribution in [2.24, 2.45) is 0 Å². The zero-order chi connectivity index (χ0) is 16.5. The standard InChI is InChI=1S/C12H5F9/c1-4-2-6(9(14)11(17)18)7(12(19,20)21)3-5(4)8(13)10(15)16/h2-3H,1H3. The summed E-state index contributed by atoms with van der Waals surface area (Å²) in [5.41, 5.74) is -5.24. The number of hydrogen-bond donors (Lipinski definition) is 0. The van der Waals surface area contributed by atoms with Crippen LogP contribution in [0.4, 0.5) is 39.5 Å². The summed E-state index contributed by atoms with van der Waals surface area (Å²) in [6.07, 6.45) is -11.2. The predicted molar refractivity (Wildman–Crippen MR) is 56.7 cm³/mol. The molecule has 0 heterocycles. The van der Waals surface area contributed by atoms with Crippen molar-refractivity contribution >= 4 is 11.7 Å². The first kappa shape index (κ1) is 17.1. The quantitative estimate of drug-likeness (QED) is 0.579. The second-order valence-corrected chi connectivity index (χ2v) is 3.86. The Morgan fingerprint density at radius 3 is 1.57 bits per heavy atom. The van der Waals surface area contributed by atoms with E-state index in [1.54, 1.807) is 0 Å². The summed E-state index contributed by atoms with van der Waals surface area (Å²) in [4.78, 5) is 0. The van der Waals surface area contributed by atoms with Crippen LogP contribution >= 0.6 is 0 Å². The Morgan fingerprint density at radius 2 is 1.19 bits per heavy atom. The van der Waals surface area contributed by atoms with E-state index in [4.69, 9.17) is 0 Å². The van der Waals surface area contributed by atoms with Gasteiger partial charge < -0.3 is 0 Å². The lowest BCUT2D eigenvalue weighted by Crippen LogP contribution is -2.10. The lowest BCUT2D eigenvalue weighted by Gasteiger charge is -2.14. The van der Waals surface area contributed by atoms with Gasteiger partial charge in [-0.05, 0) is 24.6 Å². The zero-order valence-corrected chi connectivity index (χ0v) is 10.1. The molecular weight excluding hydrogens is 315 g/mol. The average Bonchev–Trinajstić information content (AvgIpc) is 2.34. The monoisotopic (exact) mass is 320 g/mol. The van der Waals surface area contributed by atoms with E-state index in [0.29, 0.717) is 0 Å². The second kappa shape index (κ2) is 5.82. The van der Waals surface area contributed by atoms with Gasteiger partial charge in [-0.25, -0.2) is 8.78 Å². The Hall–Kier alpha value is -1.93. The molecule has 1 aromatic rings. The van der Waals surface area contributed by atoms with Crippen molar-refractivity contribution in [3.05, 3.63) is 46.5 Å². The third kappa shape index (κ3) is 3.59. The molecule has 0 saturated carbocycles.